The molecule has 0 atom stereocenters. The fraction of sp³-hybridized carbons (Fsp3) is 0.250. The number of anilines is 2. The van der Waals surface area contributed by atoms with Crippen LogP contribution in [-0.2, 0) is 6.42 Å². The van der Waals surface area contributed by atoms with Crippen molar-refractivity contribution in [2.24, 2.45) is 5.92 Å². The molecule has 6 heteroatoms. The molecule has 0 unspecified atom stereocenters. The number of aromatic nitrogens is 2. The molecule has 2 heterocycles. The third-order valence-corrected chi connectivity index (χ3v) is 5.42. The molecule has 0 bridgehead atoms. The summed E-state index contributed by atoms with van der Waals surface area (Å²) in [4.78, 5) is 23.2. The zero-order valence-electron chi connectivity index (χ0n) is 16.7. The van der Waals surface area contributed by atoms with Gasteiger partial charge in [-0.3, -0.25) is 4.79 Å². The van der Waals surface area contributed by atoms with Crippen molar-refractivity contribution in [3.63, 3.8) is 0 Å². The molecule has 30 heavy (non-hydrogen) atoms. The third kappa shape index (κ3) is 4.81. The van der Waals surface area contributed by atoms with E-state index in [2.05, 4.69) is 45.6 Å². The van der Waals surface area contributed by atoms with Crippen LogP contribution in [0.2, 0.25) is 0 Å². The molecule has 0 saturated carbocycles. The Morgan fingerprint density at radius 1 is 1.07 bits per heavy atom. The fourth-order valence-corrected chi connectivity index (χ4v) is 3.81. The number of nitriles is 1. The predicted molar refractivity (Wildman–Crippen MR) is 115 cm³/mol. The van der Waals surface area contributed by atoms with Crippen LogP contribution in [0.4, 0.5) is 11.5 Å². The van der Waals surface area contributed by atoms with Gasteiger partial charge in [-0.25, -0.2) is 9.97 Å². The lowest BCUT2D eigenvalue weighted by Gasteiger charge is -2.32. The van der Waals surface area contributed by atoms with Gasteiger partial charge >= 0.3 is 0 Å². The Morgan fingerprint density at radius 2 is 1.87 bits per heavy atom. The lowest BCUT2D eigenvalue weighted by Crippen LogP contribution is -2.39. The summed E-state index contributed by atoms with van der Waals surface area (Å²) in [7, 11) is 0. The van der Waals surface area contributed by atoms with Crippen LogP contribution in [0.1, 0.15) is 34.5 Å². The molecule has 2 aromatic carbocycles. The maximum Gasteiger partial charge on any atom is 0.272 e. The van der Waals surface area contributed by atoms with Gasteiger partial charge in [-0.15, -0.1) is 0 Å². The predicted octanol–water partition coefficient (Wildman–Crippen LogP) is 4.19. The first kappa shape index (κ1) is 19.6. The fourth-order valence-electron chi connectivity index (χ4n) is 3.81. The number of rotatable bonds is 5. The van der Waals surface area contributed by atoms with Gasteiger partial charge in [-0.2, -0.15) is 5.26 Å². The number of likely N-dealkylation sites (tertiary alicyclic amines) is 1. The van der Waals surface area contributed by atoms with Crippen LogP contribution >= 0.6 is 0 Å². The molecule has 1 fully saturated rings. The van der Waals surface area contributed by atoms with Crippen LogP contribution in [0.15, 0.2) is 67.0 Å². The number of benzene rings is 2. The molecule has 1 N–H and O–H groups in total. The monoisotopic (exact) mass is 397 g/mol. The van der Waals surface area contributed by atoms with Crippen molar-refractivity contribution in [3.05, 3.63) is 83.8 Å². The maximum atomic E-state index is 12.9. The first-order chi connectivity index (χ1) is 14.7. The Kier molecular flexibility index (Phi) is 6.00. The summed E-state index contributed by atoms with van der Waals surface area (Å²) in [6.07, 6.45) is 4.45. The number of nitrogens with zero attached hydrogens (tertiary/aromatic N) is 4. The van der Waals surface area contributed by atoms with Gasteiger partial charge in [-0.1, -0.05) is 36.4 Å². The minimum Gasteiger partial charge on any atom is -0.340 e. The molecule has 0 spiro atoms. The van der Waals surface area contributed by atoms with Crippen LogP contribution < -0.4 is 5.32 Å². The molecule has 1 amide bonds. The van der Waals surface area contributed by atoms with Gasteiger partial charge in [0.25, 0.3) is 5.91 Å². The van der Waals surface area contributed by atoms with Crippen molar-refractivity contribution >= 4 is 17.4 Å². The summed E-state index contributed by atoms with van der Waals surface area (Å²) in [6, 6.07) is 21.4. The average Bonchev–Trinajstić information content (AvgIpc) is 2.80. The van der Waals surface area contributed by atoms with Gasteiger partial charge in [0.15, 0.2) is 0 Å². The Morgan fingerprint density at radius 3 is 2.63 bits per heavy atom. The van der Waals surface area contributed by atoms with Crippen LogP contribution in [0.5, 0.6) is 0 Å². The molecule has 0 aliphatic carbocycles. The smallest absolute Gasteiger partial charge is 0.272 e. The van der Waals surface area contributed by atoms with Crippen molar-refractivity contribution in [1.82, 2.24) is 14.9 Å². The van der Waals surface area contributed by atoms with Crippen molar-refractivity contribution < 1.29 is 4.79 Å². The van der Waals surface area contributed by atoms with E-state index in [4.69, 9.17) is 5.26 Å². The summed E-state index contributed by atoms with van der Waals surface area (Å²) in [6.45, 7) is 1.49. The number of carbonyl (C=O) groups excluding carboxylic acids is 1. The first-order valence-electron chi connectivity index (χ1n) is 10.1. The summed E-state index contributed by atoms with van der Waals surface area (Å²) >= 11 is 0. The molecule has 150 valence electrons. The number of hydrogen-bond acceptors (Lipinski definition) is 5. The topological polar surface area (TPSA) is 81.9 Å². The van der Waals surface area contributed by atoms with E-state index in [-0.39, 0.29) is 5.91 Å². The average molecular weight is 397 g/mol. The lowest BCUT2D eigenvalue weighted by atomic mass is 9.90. The molecule has 4 rings (SSSR count). The van der Waals surface area contributed by atoms with Gasteiger partial charge in [0.1, 0.15) is 17.8 Å². The van der Waals surface area contributed by atoms with Gasteiger partial charge in [-0.05, 0) is 48.9 Å². The largest absolute Gasteiger partial charge is 0.340 e. The zero-order valence-corrected chi connectivity index (χ0v) is 16.7. The van der Waals surface area contributed by atoms with Crippen LogP contribution in [0.25, 0.3) is 0 Å². The van der Waals surface area contributed by atoms with Gasteiger partial charge < -0.3 is 10.2 Å². The molecule has 6 nitrogen and oxygen atoms in total. The van der Waals surface area contributed by atoms with E-state index in [9.17, 15) is 4.79 Å². The number of piperidine rings is 1. The zero-order chi connectivity index (χ0) is 20.8. The second kappa shape index (κ2) is 9.19. The highest BCUT2D eigenvalue weighted by atomic mass is 16.2. The van der Waals surface area contributed by atoms with E-state index in [0.717, 1.165) is 38.0 Å². The van der Waals surface area contributed by atoms with Crippen molar-refractivity contribution in [3.8, 4) is 6.07 Å². The summed E-state index contributed by atoms with van der Waals surface area (Å²) in [5.41, 5.74) is 3.04. The summed E-state index contributed by atoms with van der Waals surface area (Å²) < 4.78 is 0. The Balaban J connectivity index is 1.37. The Labute approximate surface area is 176 Å². The molecule has 0 radical (unpaired) electrons. The highest BCUT2D eigenvalue weighted by Gasteiger charge is 2.24. The minimum atomic E-state index is -0.0654. The van der Waals surface area contributed by atoms with Crippen molar-refractivity contribution in [2.45, 2.75) is 19.3 Å². The van der Waals surface area contributed by atoms with E-state index in [1.165, 1.54) is 11.9 Å². The number of carbonyl (C=O) groups is 1. The van der Waals surface area contributed by atoms with Crippen LogP contribution in [0.3, 0.4) is 0 Å². The standard InChI is InChI=1S/C24H23N5O/c25-16-20-7-4-8-21(14-20)28-23-15-22(26-17-27-23)24(30)29-11-9-19(10-12-29)13-18-5-2-1-3-6-18/h1-8,14-15,17,19H,9-13H2,(H,26,27,28). The molecule has 1 aromatic heterocycles. The van der Waals surface area contributed by atoms with E-state index in [1.54, 1.807) is 24.3 Å². The quantitative estimate of drug-likeness (QED) is 0.698. The Bertz CT molecular complexity index is 1050. The summed E-state index contributed by atoms with van der Waals surface area (Å²) in [5.74, 6) is 1.07. The lowest BCUT2D eigenvalue weighted by molar-refractivity contribution is 0.0684. The molecular formula is C24H23N5O. The van der Waals surface area contributed by atoms with E-state index < -0.39 is 0 Å². The second-order valence-electron chi connectivity index (χ2n) is 7.53. The summed E-state index contributed by atoms with van der Waals surface area (Å²) in [5, 5.41) is 12.2. The molecule has 1 aliphatic heterocycles. The number of amides is 1. The molecule has 1 aliphatic rings. The molecular weight excluding hydrogens is 374 g/mol. The second-order valence-corrected chi connectivity index (χ2v) is 7.53. The number of hydrogen-bond donors (Lipinski definition) is 1. The minimum absolute atomic E-state index is 0.0654. The maximum absolute atomic E-state index is 12.9. The van der Waals surface area contributed by atoms with Crippen LogP contribution in [0, 0.1) is 17.2 Å². The van der Waals surface area contributed by atoms with Gasteiger partial charge in [0.05, 0.1) is 11.6 Å². The van der Waals surface area contributed by atoms with Crippen molar-refractivity contribution in [2.75, 3.05) is 18.4 Å². The highest BCUT2D eigenvalue weighted by Crippen LogP contribution is 2.23. The van der Waals surface area contributed by atoms with E-state index in [1.807, 2.05) is 17.0 Å². The van der Waals surface area contributed by atoms with E-state index >= 15 is 0 Å². The van der Waals surface area contributed by atoms with Gasteiger partial charge in [0, 0.05) is 24.8 Å². The number of nitrogens with one attached hydrogen (secondary N) is 1. The van der Waals surface area contributed by atoms with Crippen molar-refractivity contribution in [1.29, 1.82) is 5.26 Å². The first-order valence-corrected chi connectivity index (χ1v) is 10.1. The van der Waals surface area contributed by atoms with E-state index in [0.29, 0.717) is 23.0 Å². The molecule has 1 saturated heterocycles. The van der Waals surface area contributed by atoms with Crippen LogP contribution in [-0.4, -0.2) is 33.9 Å². The van der Waals surface area contributed by atoms with Gasteiger partial charge in [0.2, 0.25) is 0 Å². The Hall–Kier alpha value is -3.72. The highest BCUT2D eigenvalue weighted by molar-refractivity contribution is 5.93. The normalized spacial score (nSPS) is 14.2. The third-order valence-electron chi connectivity index (χ3n) is 5.42. The molecule has 3 aromatic rings. The SMILES string of the molecule is N#Cc1cccc(Nc2cc(C(=O)N3CCC(Cc4ccccc4)CC3)ncn2)c1.